The topological polar surface area (TPSA) is 52.8 Å². The molecule has 0 spiro atoms. The average Bonchev–Trinajstić information content (AvgIpc) is 2.97. The molecule has 0 N–H and O–H groups in total. The van der Waals surface area contributed by atoms with E-state index in [-0.39, 0.29) is 5.82 Å². The van der Waals surface area contributed by atoms with Crippen LogP contribution in [-0.2, 0) is 6.54 Å². The molecule has 1 aromatic heterocycles. The van der Waals surface area contributed by atoms with Crippen molar-refractivity contribution in [1.29, 1.82) is 0 Å². The number of benzene rings is 2. The molecule has 7 heteroatoms. The number of rotatable bonds is 5. The minimum atomic E-state index is -0.433. The Balaban J connectivity index is 2.16. The van der Waals surface area contributed by atoms with E-state index in [1.807, 2.05) is 11.5 Å². The number of para-hydroxylation sites is 1. The minimum absolute atomic E-state index is 0.310. The van der Waals surface area contributed by atoms with Crippen LogP contribution < -0.4 is 14.3 Å². The van der Waals surface area contributed by atoms with E-state index in [4.69, 9.17) is 9.47 Å². The largest absolute Gasteiger partial charge is 0.493 e. The molecule has 0 fully saturated rings. The smallest absolute Gasteiger partial charge is 0.283 e. The van der Waals surface area contributed by atoms with Gasteiger partial charge in [0.05, 0.1) is 30.0 Å². The fourth-order valence-electron chi connectivity index (χ4n) is 2.77. The number of hydrogen-bond acceptors (Lipinski definition) is 4. The van der Waals surface area contributed by atoms with Gasteiger partial charge in [-0.1, -0.05) is 24.3 Å². The standard InChI is InChI=1S/C19H19FN2O3S/c1-4-10-22-14-9-8-12(20)11-16(14)26-19(22)21-18(23)13-6-5-7-15(24-2)17(13)25-3/h5-9,11H,4,10H2,1-3H3. The second-order valence-electron chi connectivity index (χ2n) is 5.61. The van der Waals surface area contributed by atoms with Gasteiger partial charge in [-0.2, -0.15) is 4.99 Å². The summed E-state index contributed by atoms with van der Waals surface area (Å²) in [6.07, 6.45) is 0.868. The lowest BCUT2D eigenvalue weighted by Gasteiger charge is -2.10. The normalized spacial score (nSPS) is 11.8. The molecule has 0 saturated carbocycles. The third-order valence-electron chi connectivity index (χ3n) is 3.92. The number of nitrogens with zero attached hydrogens (tertiary/aromatic N) is 2. The molecule has 0 saturated heterocycles. The van der Waals surface area contributed by atoms with E-state index in [1.165, 1.54) is 37.7 Å². The summed E-state index contributed by atoms with van der Waals surface area (Å²) in [6.45, 7) is 2.73. The van der Waals surface area contributed by atoms with Crippen LogP contribution in [0.5, 0.6) is 11.5 Å². The first-order valence-electron chi connectivity index (χ1n) is 8.18. The SMILES string of the molecule is CCCn1c(=NC(=O)c2cccc(OC)c2OC)sc2cc(F)ccc21. The van der Waals surface area contributed by atoms with Crippen molar-refractivity contribution in [3.05, 3.63) is 52.6 Å². The molecule has 1 heterocycles. The summed E-state index contributed by atoms with van der Waals surface area (Å²) in [5, 5.41) is 0. The van der Waals surface area contributed by atoms with Crippen LogP contribution in [0.3, 0.4) is 0 Å². The molecule has 0 aliphatic rings. The van der Waals surface area contributed by atoms with E-state index in [9.17, 15) is 9.18 Å². The van der Waals surface area contributed by atoms with Crippen molar-refractivity contribution in [2.75, 3.05) is 14.2 Å². The zero-order chi connectivity index (χ0) is 18.7. The van der Waals surface area contributed by atoms with Crippen LogP contribution in [0.2, 0.25) is 0 Å². The fraction of sp³-hybridized carbons (Fsp3) is 0.263. The van der Waals surface area contributed by atoms with Gasteiger partial charge in [-0.25, -0.2) is 4.39 Å². The third-order valence-corrected chi connectivity index (χ3v) is 4.96. The number of carbonyl (C=O) groups is 1. The quantitative estimate of drug-likeness (QED) is 0.678. The number of hydrogen-bond donors (Lipinski definition) is 0. The number of aryl methyl sites for hydroxylation is 1. The van der Waals surface area contributed by atoms with Crippen LogP contribution in [0, 0.1) is 5.82 Å². The van der Waals surface area contributed by atoms with E-state index >= 15 is 0 Å². The van der Waals surface area contributed by atoms with Crippen LogP contribution >= 0.6 is 11.3 Å². The highest BCUT2D eigenvalue weighted by Gasteiger charge is 2.17. The lowest BCUT2D eigenvalue weighted by molar-refractivity contribution is 0.0994. The molecular formula is C19H19FN2O3S. The van der Waals surface area contributed by atoms with Gasteiger partial charge in [0.2, 0.25) is 0 Å². The lowest BCUT2D eigenvalue weighted by Crippen LogP contribution is -2.17. The number of carbonyl (C=O) groups excluding carboxylic acids is 1. The van der Waals surface area contributed by atoms with Crippen LogP contribution in [-0.4, -0.2) is 24.7 Å². The van der Waals surface area contributed by atoms with Crippen LogP contribution in [0.25, 0.3) is 10.2 Å². The van der Waals surface area contributed by atoms with Crippen molar-refractivity contribution < 1.29 is 18.7 Å². The minimum Gasteiger partial charge on any atom is -0.493 e. The Labute approximate surface area is 154 Å². The Morgan fingerprint density at radius 3 is 2.73 bits per heavy atom. The third kappa shape index (κ3) is 3.35. The summed E-state index contributed by atoms with van der Waals surface area (Å²) in [7, 11) is 2.99. The second kappa shape index (κ2) is 7.70. The highest BCUT2D eigenvalue weighted by atomic mass is 32.1. The molecule has 5 nitrogen and oxygen atoms in total. The van der Waals surface area contributed by atoms with Gasteiger partial charge in [0.15, 0.2) is 16.3 Å². The summed E-state index contributed by atoms with van der Waals surface area (Å²) in [5.41, 5.74) is 1.18. The number of halogens is 1. The van der Waals surface area contributed by atoms with E-state index in [0.29, 0.717) is 28.4 Å². The summed E-state index contributed by atoms with van der Waals surface area (Å²) < 4.78 is 26.8. The van der Waals surface area contributed by atoms with Gasteiger partial charge >= 0.3 is 0 Å². The number of aromatic nitrogens is 1. The predicted molar refractivity (Wildman–Crippen MR) is 99.5 cm³/mol. The Hall–Kier alpha value is -2.67. The highest BCUT2D eigenvalue weighted by Crippen LogP contribution is 2.31. The molecule has 0 atom stereocenters. The monoisotopic (exact) mass is 374 g/mol. The number of thiazole rings is 1. The molecule has 0 radical (unpaired) electrons. The van der Waals surface area contributed by atoms with E-state index in [2.05, 4.69) is 4.99 Å². The molecule has 0 bridgehead atoms. The van der Waals surface area contributed by atoms with Gasteiger partial charge in [0.25, 0.3) is 5.91 Å². The Kier molecular flexibility index (Phi) is 5.37. The van der Waals surface area contributed by atoms with Crippen molar-refractivity contribution in [3.63, 3.8) is 0 Å². The van der Waals surface area contributed by atoms with Crippen LogP contribution in [0.1, 0.15) is 23.7 Å². The number of methoxy groups -OCH3 is 2. The molecule has 136 valence electrons. The maximum atomic E-state index is 13.5. The van der Waals surface area contributed by atoms with Crippen LogP contribution in [0.4, 0.5) is 4.39 Å². The van der Waals surface area contributed by atoms with Crippen LogP contribution in [0.15, 0.2) is 41.4 Å². The Morgan fingerprint density at radius 1 is 1.23 bits per heavy atom. The van der Waals surface area contributed by atoms with Gasteiger partial charge in [0.1, 0.15) is 5.82 Å². The maximum Gasteiger partial charge on any atom is 0.283 e. The molecule has 3 aromatic rings. The molecule has 1 amide bonds. The van der Waals surface area contributed by atoms with Crippen molar-refractivity contribution in [1.82, 2.24) is 4.57 Å². The average molecular weight is 374 g/mol. The van der Waals surface area contributed by atoms with Crippen molar-refractivity contribution >= 4 is 27.5 Å². The number of amides is 1. The molecule has 2 aromatic carbocycles. The lowest BCUT2D eigenvalue weighted by atomic mass is 10.2. The van der Waals surface area contributed by atoms with Gasteiger partial charge in [-0.15, -0.1) is 0 Å². The number of fused-ring (bicyclic) bond motifs is 1. The predicted octanol–water partition coefficient (Wildman–Crippen LogP) is 4.01. The fourth-order valence-corrected chi connectivity index (χ4v) is 3.85. The van der Waals surface area contributed by atoms with Crippen molar-refractivity contribution in [3.8, 4) is 11.5 Å². The van der Waals surface area contributed by atoms with E-state index in [1.54, 1.807) is 24.3 Å². The summed E-state index contributed by atoms with van der Waals surface area (Å²) in [5.74, 6) is 0.0683. The zero-order valence-electron chi connectivity index (χ0n) is 14.8. The Morgan fingerprint density at radius 2 is 2.04 bits per heavy atom. The van der Waals surface area contributed by atoms with Crippen molar-refractivity contribution in [2.24, 2.45) is 4.99 Å². The van der Waals surface area contributed by atoms with Gasteiger partial charge in [0, 0.05) is 6.54 Å². The summed E-state index contributed by atoms with van der Waals surface area (Å²) >= 11 is 1.29. The van der Waals surface area contributed by atoms with Gasteiger partial charge in [-0.05, 0) is 36.8 Å². The first kappa shape index (κ1) is 18.1. The molecular weight excluding hydrogens is 355 g/mol. The van der Waals surface area contributed by atoms with E-state index < -0.39 is 5.91 Å². The molecule has 0 aliphatic carbocycles. The van der Waals surface area contributed by atoms with Gasteiger partial charge < -0.3 is 14.0 Å². The molecule has 26 heavy (non-hydrogen) atoms. The number of ether oxygens (including phenoxy) is 2. The van der Waals surface area contributed by atoms with E-state index in [0.717, 1.165) is 16.6 Å². The summed E-state index contributed by atoms with van der Waals surface area (Å²) in [6, 6.07) is 9.66. The first-order chi connectivity index (χ1) is 12.6. The highest BCUT2D eigenvalue weighted by molar-refractivity contribution is 7.16. The Bertz CT molecular complexity index is 1020. The molecule has 0 aliphatic heterocycles. The summed E-state index contributed by atoms with van der Waals surface area (Å²) in [4.78, 5) is 17.6. The second-order valence-corrected chi connectivity index (χ2v) is 6.62. The maximum absolute atomic E-state index is 13.5. The van der Waals surface area contributed by atoms with Crippen molar-refractivity contribution in [2.45, 2.75) is 19.9 Å². The molecule has 3 rings (SSSR count). The first-order valence-corrected chi connectivity index (χ1v) is 8.99. The zero-order valence-corrected chi connectivity index (χ0v) is 15.6. The molecule has 0 unspecified atom stereocenters. The van der Waals surface area contributed by atoms with Gasteiger partial charge in [-0.3, -0.25) is 4.79 Å².